The number of nitrogens with zero attached hydrogens (tertiary/aromatic N) is 1. The van der Waals surface area contributed by atoms with Crippen molar-refractivity contribution >= 4 is 11.6 Å². The van der Waals surface area contributed by atoms with Gasteiger partial charge >= 0.3 is 0 Å². The Morgan fingerprint density at radius 1 is 1.22 bits per heavy atom. The molecule has 1 atom stereocenters. The summed E-state index contributed by atoms with van der Waals surface area (Å²) in [5, 5.41) is 3.21. The van der Waals surface area contributed by atoms with Crippen LogP contribution in [0.1, 0.15) is 32.6 Å². The average molecular weight is 320 g/mol. The summed E-state index contributed by atoms with van der Waals surface area (Å²) in [6.07, 6.45) is 4.74. The third-order valence-electron chi connectivity index (χ3n) is 5.30. The van der Waals surface area contributed by atoms with Gasteiger partial charge in [-0.2, -0.15) is 0 Å². The van der Waals surface area contributed by atoms with E-state index < -0.39 is 0 Å². The van der Waals surface area contributed by atoms with Gasteiger partial charge in [0.1, 0.15) is 5.82 Å². The second-order valence-corrected chi connectivity index (χ2v) is 6.83. The first-order valence-electron chi connectivity index (χ1n) is 8.79. The number of rotatable bonds is 4. The van der Waals surface area contributed by atoms with Crippen LogP contribution < -0.4 is 15.1 Å². The molecular weight excluding hydrogens is 293 g/mol. The maximum atomic E-state index is 13.0. The molecule has 1 aliphatic carbocycles. The topological polar surface area (TPSA) is 36.8 Å². The van der Waals surface area contributed by atoms with E-state index in [1.807, 2.05) is 19.1 Å². The highest BCUT2D eigenvalue weighted by Gasteiger charge is 2.30. The Morgan fingerprint density at radius 3 is 2.43 bits per heavy atom. The van der Waals surface area contributed by atoms with Crippen molar-refractivity contribution < 1.29 is 14.1 Å². The summed E-state index contributed by atoms with van der Waals surface area (Å²) in [5.41, 5.74) is 1.06. The monoisotopic (exact) mass is 320 g/mol. The van der Waals surface area contributed by atoms with Gasteiger partial charge in [-0.25, -0.2) is 4.39 Å². The van der Waals surface area contributed by atoms with Crippen LogP contribution in [0.2, 0.25) is 0 Å². The third-order valence-corrected chi connectivity index (χ3v) is 5.30. The van der Waals surface area contributed by atoms with Gasteiger partial charge in [-0.3, -0.25) is 4.79 Å². The summed E-state index contributed by atoms with van der Waals surface area (Å²) in [4.78, 5) is 16.0. The van der Waals surface area contributed by atoms with Crippen LogP contribution in [0.15, 0.2) is 24.3 Å². The van der Waals surface area contributed by atoms with Crippen LogP contribution >= 0.6 is 0 Å². The van der Waals surface area contributed by atoms with Crippen molar-refractivity contribution in [3.8, 4) is 0 Å². The van der Waals surface area contributed by atoms with E-state index in [0.29, 0.717) is 6.04 Å². The molecule has 1 saturated carbocycles. The standard InChI is InChI=1S/C18H26FN3O/c1-14(18(23)20-16-4-2-3-5-16)21-10-12-22(13-11-21)17-8-6-15(19)7-9-17/h6-9,14,16H,2-5,10-13H2,1H3,(H,20,23)/p+1/t14-/m0/s1. The Bertz CT molecular complexity index is 520. The summed E-state index contributed by atoms with van der Waals surface area (Å²) in [6.45, 7) is 5.73. The molecule has 3 rings (SSSR count). The Balaban J connectivity index is 1.49. The number of nitrogens with one attached hydrogen (secondary N) is 2. The summed E-state index contributed by atoms with van der Waals surface area (Å²) in [5.74, 6) is -0.00245. The van der Waals surface area contributed by atoms with E-state index in [4.69, 9.17) is 0 Å². The molecule has 2 fully saturated rings. The Labute approximate surface area is 137 Å². The lowest BCUT2D eigenvalue weighted by Crippen LogP contribution is -3.19. The van der Waals surface area contributed by atoms with Crippen molar-refractivity contribution in [2.75, 3.05) is 31.1 Å². The quantitative estimate of drug-likeness (QED) is 0.868. The molecule has 4 nitrogen and oxygen atoms in total. The van der Waals surface area contributed by atoms with Crippen LogP contribution in [-0.4, -0.2) is 44.2 Å². The predicted octanol–water partition coefficient (Wildman–Crippen LogP) is 0.978. The molecule has 2 aliphatic rings. The molecule has 0 aromatic heterocycles. The smallest absolute Gasteiger partial charge is 0.278 e. The zero-order chi connectivity index (χ0) is 16.2. The molecule has 126 valence electrons. The number of halogens is 1. The van der Waals surface area contributed by atoms with Crippen LogP contribution in [0.5, 0.6) is 0 Å². The molecule has 1 heterocycles. The van der Waals surface area contributed by atoms with Crippen LogP contribution in [0.4, 0.5) is 10.1 Å². The van der Waals surface area contributed by atoms with Gasteiger partial charge < -0.3 is 15.1 Å². The predicted molar refractivity (Wildman–Crippen MR) is 89.2 cm³/mol. The Morgan fingerprint density at radius 2 is 1.83 bits per heavy atom. The molecule has 2 N–H and O–H groups in total. The minimum Gasteiger partial charge on any atom is -0.360 e. The zero-order valence-corrected chi connectivity index (χ0v) is 13.9. The van der Waals surface area contributed by atoms with E-state index in [9.17, 15) is 9.18 Å². The van der Waals surface area contributed by atoms with Crippen LogP contribution in [-0.2, 0) is 4.79 Å². The molecule has 0 spiro atoms. The van der Waals surface area contributed by atoms with Crippen molar-refractivity contribution in [3.63, 3.8) is 0 Å². The fourth-order valence-electron chi connectivity index (χ4n) is 3.72. The molecule has 23 heavy (non-hydrogen) atoms. The first-order chi connectivity index (χ1) is 11.1. The second kappa shape index (κ2) is 7.30. The first-order valence-corrected chi connectivity index (χ1v) is 8.79. The highest BCUT2D eigenvalue weighted by atomic mass is 19.1. The largest absolute Gasteiger partial charge is 0.360 e. The molecular formula is C18H27FN3O+. The lowest BCUT2D eigenvalue weighted by molar-refractivity contribution is -0.914. The first kappa shape index (κ1) is 16.2. The summed E-state index contributed by atoms with van der Waals surface area (Å²) in [7, 11) is 0. The van der Waals surface area contributed by atoms with E-state index in [1.54, 1.807) is 0 Å². The van der Waals surface area contributed by atoms with Gasteiger partial charge in [-0.05, 0) is 44.0 Å². The molecule has 1 aromatic carbocycles. The number of amides is 1. The number of quaternary nitrogens is 1. The number of anilines is 1. The lowest BCUT2D eigenvalue weighted by Gasteiger charge is -2.36. The van der Waals surface area contributed by atoms with Crippen molar-refractivity contribution in [2.24, 2.45) is 0 Å². The number of benzene rings is 1. The van der Waals surface area contributed by atoms with Crippen LogP contribution in [0.25, 0.3) is 0 Å². The number of carbonyl (C=O) groups excluding carboxylic acids is 1. The van der Waals surface area contributed by atoms with Gasteiger partial charge in [0.05, 0.1) is 26.2 Å². The maximum Gasteiger partial charge on any atom is 0.278 e. The van der Waals surface area contributed by atoms with Gasteiger partial charge in [0.25, 0.3) is 5.91 Å². The van der Waals surface area contributed by atoms with E-state index in [-0.39, 0.29) is 17.8 Å². The number of carbonyl (C=O) groups is 1. The number of hydrogen-bond donors (Lipinski definition) is 2. The van der Waals surface area contributed by atoms with Crippen LogP contribution in [0.3, 0.4) is 0 Å². The van der Waals surface area contributed by atoms with Gasteiger partial charge in [-0.1, -0.05) is 12.8 Å². The zero-order valence-electron chi connectivity index (χ0n) is 13.9. The molecule has 1 aromatic rings. The third kappa shape index (κ3) is 4.02. The van der Waals surface area contributed by atoms with Crippen molar-refractivity contribution in [1.82, 2.24) is 5.32 Å². The summed E-state index contributed by atoms with van der Waals surface area (Å²) < 4.78 is 13.0. The molecule has 0 bridgehead atoms. The average Bonchev–Trinajstić information content (AvgIpc) is 3.08. The highest BCUT2D eigenvalue weighted by molar-refractivity contribution is 5.80. The molecule has 0 radical (unpaired) electrons. The number of hydrogen-bond acceptors (Lipinski definition) is 2. The van der Waals surface area contributed by atoms with E-state index >= 15 is 0 Å². The van der Waals surface area contributed by atoms with Crippen molar-refractivity contribution in [1.29, 1.82) is 0 Å². The van der Waals surface area contributed by atoms with E-state index in [0.717, 1.165) is 44.7 Å². The molecule has 0 unspecified atom stereocenters. The maximum absolute atomic E-state index is 13.0. The fourth-order valence-corrected chi connectivity index (χ4v) is 3.72. The Hall–Kier alpha value is -1.62. The van der Waals surface area contributed by atoms with E-state index in [2.05, 4.69) is 10.2 Å². The highest BCUT2D eigenvalue weighted by Crippen LogP contribution is 2.17. The lowest BCUT2D eigenvalue weighted by atomic mass is 10.1. The molecule has 1 amide bonds. The minimum atomic E-state index is -0.199. The van der Waals surface area contributed by atoms with Gasteiger partial charge in [0.15, 0.2) is 6.04 Å². The SMILES string of the molecule is C[C@@H](C(=O)NC1CCCC1)[NH+]1CCN(c2ccc(F)cc2)CC1. The van der Waals surface area contributed by atoms with Crippen molar-refractivity contribution in [3.05, 3.63) is 30.1 Å². The van der Waals surface area contributed by atoms with Gasteiger partial charge in [0.2, 0.25) is 0 Å². The molecule has 1 aliphatic heterocycles. The Kier molecular flexibility index (Phi) is 5.16. The van der Waals surface area contributed by atoms with E-state index in [1.165, 1.54) is 29.9 Å². The summed E-state index contributed by atoms with van der Waals surface area (Å²) >= 11 is 0. The van der Waals surface area contributed by atoms with Crippen molar-refractivity contribution in [2.45, 2.75) is 44.7 Å². The van der Waals surface area contributed by atoms with Gasteiger partial charge in [0, 0.05) is 11.7 Å². The minimum absolute atomic E-state index is 0.00553. The second-order valence-electron chi connectivity index (χ2n) is 6.83. The molecule has 1 saturated heterocycles. The molecule has 5 heteroatoms. The number of piperazine rings is 1. The fraction of sp³-hybridized carbons (Fsp3) is 0.611. The normalized spacial score (nSPS) is 21.4. The van der Waals surface area contributed by atoms with Crippen LogP contribution in [0, 0.1) is 5.82 Å². The van der Waals surface area contributed by atoms with Gasteiger partial charge in [-0.15, -0.1) is 0 Å². The summed E-state index contributed by atoms with van der Waals surface area (Å²) in [6, 6.07) is 7.07.